The first kappa shape index (κ1) is 21.6. The third-order valence-corrected chi connectivity index (χ3v) is 6.78. The summed E-state index contributed by atoms with van der Waals surface area (Å²) in [6.45, 7) is 3.77. The number of aryl methyl sites for hydroxylation is 1. The fourth-order valence-corrected chi connectivity index (χ4v) is 5.12. The second kappa shape index (κ2) is 8.50. The van der Waals surface area contributed by atoms with E-state index in [1.54, 1.807) is 18.3 Å². The van der Waals surface area contributed by atoms with Crippen molar-refractivity contribution in [3.8, 4) is 5.75 Å². The molecule has 3 aromatic rings. The molecular formula is C21H21N5O5S. The van der Waals surface area contributed by atoms with Crippen molar-refractivity contribution in [2.45, 2.75) is 39.2 Å². The van der Waals surface area contributed by atoms with Gasteiger partial charge in [0.2, 0.25) is 0 Å². The SMILES string of the molecule is C[C@H]1CCc2c(sc3ncn([C@@H](C)C(=O)N/N=C/c4ccc(O)c([N+](=O)[O-])c4)c(=O)c23)C1. The minimum Gasteiger partial charge on any atom is -0.502 e. The number of fused-ring (bicyclic) bond motifs is 3. The second-order valence-electron chi connectivity index (χ2n) is 7.90. The minimum absolute atomic E-state index is 0.247. The molecule has 0 saturated heterocycles. The van der Waals surface area contributed by atoms with Crippen LogP contribution in [-0.4, -0.2) is 31.7 Å². The molecule has 0 bridgehead atoms. The number of phenols is 1. The van der Waals surface area contributed by atoms with Gasteiger partial charge in [0.05, 0.1) is 22.9 Å². The van der Waals surface area contributed by atoms with E-state index < -0.39 is 28.3 Å². The predicted molar refractivity (Wildman–Crippen MR) is 120 cm³/mol. The number of carbonyl (C=O) groups is 1. The maximum absolute atomic E-state index is 13.1. The summed E-state index contributed by atoms with van der Waals surface area (Å²) in [5.41, 5.74) is 3.00. The highest BCUT2D eigenvalue weighted by atomic mass is 32.1. The number of carbonyl (C=O) groups excluding carboxylic acids is 1. The Morgan fingerprint density at radius 1 is 1.50 bits per heavy atom. The van der Waals surface area contributed by atoms with Gasteiger partial charge in [-0.25, -0.2) is 10.4 Å². The molecular weight excluding hydrogens is 434 g/mol. The van der Waals surface area contributed by atoms with Gasteiger partial charge in [-0.05, 0) is 49.8 Å². The summed E-state index contributed by atoms with van der Waals surface area (Å²) in [6.07, 6.45) is 5.40. The van der Waals surface area contributed by atoms with E-state index in [9.17, 15) is 24.8 Å². The van der Waals surface area contributed by atoms with Crippen LogP contribution in [-0.2, 0) is 17.6 Å². The second-order valence-corrected chi connectivity index (χ2v) is 8.99. The summed E-state index contributed by atoms with van der Waals surface area (Å²) in [7, 11) is 0. The molecule has 0 radical (unpaired) electrons. The van der Waals surface area contributed by atoms with Crippen LogP contribution in [0.15, 0.2) is 34.4 Å². The smallest absolute Gasteiger partial charge is 0.311 e. The van der Waals surface area contributed by atoms with E-state index in [0.717, 1.165) is 30.9 Å². The van der Waals surface area contributed by atoms with Gasteiger partial charge in [0.15, 0.2) is 5.75 Å². The van der Waals surface area contributed by atoms with Gasteiger partial charge in [-0.2, -0.15) is 5.10 Å². The highest BCUT2D eigenvalue weighted by Crippen LogP contribution is 2.35. The molecule has 0 spiro atoms. The summed E-state index contributed by atoms with van der Waals surface area (Å²) in [5.74, 6) is -0.414. The summed E-state index contributed by atoms with van der Waals surface area (Å²) in [4.78, 5) is 42.2. The van der Waals surface area contributed by atoms with Crippen LogP contribution in [0.1, 0.15) is 42.3 Å². The molecule has 1 aromatic carbocycles. The Hall–Kier alpha value is -3.60. The van der Waals surface area contributed by atoms with E-state index in [0.29, 0.717) is 21.7 Å². The number of thiophene rings is 1. The van der Waals surface area contributed by atoms with Crippen molar-refractivity contribution in [1.29, 1.82) is 0 Å². The molecule has 2 heterocycles. The molecule has 2 aromatic heterocycles. The van der Waals surface area contributed by atoms with Gasteiger partial charge in [0, 0.05) is 16.5 Å². The Balaban J connectivity index is 1.54. The Bertz CT molecular complexity index is 1310. The summed E-state index contributed by atoms with van der Waals surface area (Å²) < 4.78 is 1.30. The molecule has 2 N–H and O–H groups in total. The van der Waals surface area contributed by atoms with Gasteiger partial charge in [0.1, 0.15) is 10.9 Å². The van der Waals surface area contributed by atoms with E-state index in [4.69, 9.17) is 0 Å². The molecule has 1 aliphatic carbocycles. The summed E-state index contributed by atoms with van der Waals surface area (Å²) in [5, 5.41) is 24.8. The third-order valence-electron chi connectivity index (χ3n) is 5.62. The first-order valence-corrected chi connectivity index (χ1v) is 10.9. The Labute approximate surface area is 186 Å². The van der Waals surface area contributed by atoms with Crippen LogP contribution in [0.4, 0.5) is 5.69 Å². The van der Waals surface area contributed by atoms with Crippen LogP contribution in [0.25, 0.3) is 10.2 Å². The van der Waals surface area contributed by atoms with E-state index >= 15 is 0 Å². The Kier molecular flexibility index (Phi) is 5.74. The molecule has 0 aliphatic heterocycles. The number of phenolic OH excluding ortho intramolecular Hbond substituents is 1. The molecule has 11 heteroatoms. The van der Waals surface area contributed by atoms with Crippen molar-refractivity contribution < 1.29 is 14.8 Å². The first-order valence-electron chi connectivity index (χ1n) is 10.1. The van der Waals surface area contributed by atoms with E-state index in [2.05, 4.69) is 22.4 Å². The number of nitro groups is 1. The van der Waals surface area contributed by atoms with Crippen LogP contribution < -0.4 is 11.0 Å². The number of nitrogens with one attached hydrogen (secondary N) is 1. The molecule has 0 saturated carbocycles. The number of rotatable bonds is 5. The fourth-order valence-electron chi connectivity index (χ4n) is 3.78. The van der Waals surface area contributed by atoms with Crippen molar-refractivity contribution >= 4 is 39.4 Å². The lowest BCUT2D eigenvalue weighted by molar-refractivity contribution is -0.385. The molecule has 0 unspecified atom stereocenters. The highest BCUT2D eigenvalue weighted by molar-refractivity contribution is 7.18. The fraction of sp³-hybridized carbons (Fsp3) is 0.333. The number of amides is 1. The molecule has 1 aliphatic rings. The van der Waals surface area contributed by atoms with Gasteiger partial charge in [0.25, 0.3) is 11.5 Å². The van der Waals surface area contributed by atoms with Gasteiger partial charge < -0.3 is 5.11 Å². The Morgan fingerprint density at radius 3 is 3.03 bits per heavy atom. The van der Waals surface area contributed by atoms with Gasteiger partial charge in [-0.3, -0.25) is 24.3 Å². The zero-order chi connectivity index (χ0) is 23.0. The van der Waals surface area contributed by atoms with Crippen LogP contribution in [0.2, 0.25) is 0 Å². The van der Waals surface area contributed by atoms with E-state index in [1.165, 1.54) is 34.1 Å². The van der Waals surface area contributed by atoms with Gasteiger partial charge in [-0.1, -0.05) is 6.92 Å². The monoisotopic (exact) mass is 455 g/mol. The lowest BCUT2D eigenvalue weighted by Crippen LogP contribution is -2.34. The van der Waals surface area contributed by atoms with Gasteiger partial charge >= 0.3 is 5.69 Å². The predicted octanol–water partition coefficient (Wildman–Crippen LogP) is 2.91. The van der Waals surface area contributed by atoms with Crippen LogP contribution in [0.3, 0.4) is 0 Å². The molecule has 166 valence electrons. The zero-order valence-electron chi connectivity index (χ0n) is 17.4. The number of nitrogens with zero attached hydrogens (tertiary/aromatic N) is 4. The van der Waals surface area contributed by atoms with Crippen LogP contribution in [0.5, 0.6) is 5.75 Å². The number of hydrogen-bond donors (Lipinski definition) is 2. The third kappa shape index (κ3) is 3.98. The molecule has 4 rings (SSSR count). The highest BCUT2D eigenvalue weighted by Gasteiger charge is 2.25. The van der Waals surface area contributed by atoms with Crippen molar-refractivity contribution in [3.63, 3.8) is 0 Å². The van der Waals surface area contributed by atoms with E-state index in [-0.39, 0.29) is 5.56 Å². The lowest BCUT2D eigenvalue weighted by atomic mass is 9.89. The number of aromatic hydroxyl groups is 1. The standard InChI is InChI=1S/C21H21N5O5S/c1-11-3-5-14-17(7-11)32-20-18(14)21(29)25(10-22-20)12(2)19(28)24-23-9-13-4-6-16(27)15(8-13)26(30)31/h4,6,8-12,27H,3,5,7H2,1-2H3,(H,24,28)/b23-9+/t11-,12-/m0/s1. The van der Waals surface area contributed by atoms with Crippen molar-refractivity contribution in [2.24, 2.45) is 11.0 Å². The molecule has 2 atom stereocenters. The van der Waals surface area contributed by atoms with Crippen LogP contribution in [0, 0.1) is 16.0 Å². The van der Waals surface area contributed by atoms with Crippen molar-refractivity contribution in [2.75, 3.05) is 0 Å². The summed E-state index contributed by atoms with van der Waals surface area (Å²) >= 11 is 1.55. The maximum atomic E-state index is 13.1. The summed E-state index contributed by atoms with van der Waals surface area (Å²) in [6, 6.07) is 2.87. The van der Waals surface area contributed by atoms with Crippen molar-refractivity contribution in [1.82, 2.24) is 15.0 Å². The van der Waals surface area contributed by atoms with Crippen molar-refractivity contribution in [3.05, 3.63) is 61.0 Å². The quantitative estimate of drug-likeness (QED) is 0.344. The first-order chi connectivity index (χ1) is 15.3. The van der Waals surface area contributed by atoms with Crippen LogP contribution >= 0.6 is 11.3 Å². The topological polar surface area (TPSA) is 140 Å². The number of hydrogen-bond acceptors (Lipinski definition) is 8. The average molecular weight is 455 g/mol. The number of nitro benzene ring substituents is 1. The number of hydrazone groups is 1. The minimum atomic E-state index is -0.858. The Morgan fingerprint density at radius 2 is 2.28 bits per heavy atom. The molecule has 1 amide bonds. The zero-order valence-corrected chi connectivity index (χ0v) is 18.3. The average Bonchev–Trinajstić information content (AvgIpc) is 3.12. The largest absolute Gasteiger partial charge is 0.502 e. The lowest BCUT2D eigenvalue weighted by Gasteiger charge is -2.18. The molecule has 32 heavy (non-hydrogen) atoms. The number of aromatic nitrogens is 2. The number of benzene rings is 1. The maximum Gasteiger partial charge on any atom is 0.311 e. The normalized spacial score (nSPS) is 16.8. The molecule has 10 nitrogen and oxygen atoms in total. The van der Waals surface area contributed by atoms with Gasteiger partial charge in [-0.15, -0.1) is 11.3 Å². The molecule has 0 fully saturated rings. The van der Waals surface area contributed by atoms with E-state index in [1.807, 2.05) is 0 Å².